The fourth-order valence-electron chi connectivity index (χ4n) is 3.36. The van der Waals surface area contributed by atoms with Crippen molar-refractivity contribution in [3.63, 3.8) is 0 Å². The molecule has 1 heterocycles. The molecule has 130 valence electrons. The molecule has 4 rings (SSSR count). The van der Waals surface area contributed by atoms with E-state index in [2.05, 4.69) is 6.07 Å². The van der Waals surface area contributed by atoms with Crippen molar-refractivity contribution in [3.05, 3.63) is 106 Å². The molecule has 0 fully saturated rings. The number of nitrogens with zero attached hydrogens (tertiary/aromatic N) is 2. The van der Waals surface area contributed by atoms with Gasteiger partial charge in [0.15, 0.2) is 0 Å². The number of benzene rings is 3. The van der Waals surface area contributed by atoms with Crippen LogP contribution in [0.5, 0.6) is 0 Å². The number of imide groups is 1. The van der Waals surface area contributed by atoms with Gasteiger partial charge in [0, 0.05) is 0 Å². The maximum atomic E-state index is 12.8. The number of nitriles is 1. The van der Waals surface area contributed by atoms with Crippen LogP contribution in [0, 0.1) is 11.3 Å². The maximum absolute atomic E-state index is 12.8. The fourth-order valence-corrected chi connectivity index (χ4v) is 3.36. The number of fused-ring (bicyclic) bond motifs is 1. The highest BCUT2D eigenvalue weighted by molar-refractivity contribution is 6.21. The monoisotopic (exact) mass is 352 g/mol. The Morgan fingerprint density at radius 3 is 2.26 bits per heavy atom. The van der Waals surface area contributed by atoms with Crippen LogP contribution in [-0.4, -0.2) is 16.7 Å². The molecule has 4 nitrogen and oxygen atoms in total. The van der Waals surface area contributed by atoms with Crippen molar-refractivity contribution in [2.75, 3.05) is 0 Å². The largest absolute Gasteiger partial charge is 0.270 e. The molecule has 0 aliphatic carbocycles. The third-order valence-electron chi connectivity index (χ3n) is 4.75. The quantitative estimate of drug-likeness (QED) is 0.668. The minimum atomic E-state index is -0.269. The predicted molar refractivity (Wildman–Crippen MR) is 101 cm³/mol. The summed E-state index contributed by atoms with van der Waals surface area (Å²) in [6, 6.07) is 24.4. The summed E-state index contributed by atoms with van der Waals surface area (Å²) in [5.74, 6) is -0.530. The Bertz CT molecular complexity index is 1080. The lowest BCUT2D eigenvalue weighted by Crippen LogP contribution is -2.29. The van der Waals surface area contributed by atoms with E-state index in [1.807, 2.05) is 54.6 Å². The first kappa shape index (κ1) is 16.7. The highest BCUT2D eigenvalue weighted by atomic mass is 16.2. The van der Waals surface area contributed by atoms with Crippen LogP contribution in [0.1, 0.15) is 43.0 Å². The van der Waals surface area contributed by atoms with Crippen LogP contribution in [0.3, 0.4) is 0 Å². The Morgan fingerprint density at radius 1 is 0.778 bits per heavy atom. The second-order valence-electron chi connectivity index (χ2n) is 6.51. The van der Waals surface area contributed by atoms with Crippen molar-refractivity contribution in [1.29, 1.82) is 5.26 Å². The molecule has 0 saturated carbocycles. The van der Waals surface area contributed by atoms with Crippen molar-refractivity contribution in [1.82, 2.24) is 4.90 Å². The number of amides is 2. The van der Waals surface area contributed by atoms with Gasteiger partial charge in [-0.3, -0.25) is 14.5 Å². The zero-order chi connectivity index (χ0) is 18.8. The Morgan fingerprint density at radius 2 is 1.48 bits per heavy atom. The van der Waals surface area contributed by atoms with E-state index in [-0.39, 0.29) is 18.4 Å². The molecule has 2 amide bonds. The van der Waals surface area contributed by atoms with E-state index in [9.17, 15) is 14.9 Å². The standard InChI is InChI=1S/C23H16N2O2/c24-14-19-9-5-4-8-18(19)12-17-10-11-20-21(13-17)23(27)25(22(20)26)15-16-6-2-1-3-7-16/h1-11,13H,12,15H2. The molecule has 1 aliphatic heterocycles. The Labute approximate surface area is 157 Å². The topological polar surface area (TPSA) is 61.2 Å². The molecule has 0 radical (unpaired) electrons. The minimum absolute atomic E-state index is 0.261. The number of carbonyl (C=O) groups excluding carboxylic acids is 2. The number of carbonyl (C=O) groups is 2. The smallest absolute Gasteiger partial charge is 0.261 e. The summed E-state index contributed by atoms with van der Waals surface area (Å²) in [6.07, 6.45) is 0.539. The zero-order valence-corrected chi connectivity index (χ0v) is 14.6. The average Bonchev–Trinajstić information content (AvgIpc) is 2.94. The Hall–Kier alpha value is -3.71. The van der Waals surface area contributed by atoms with Gasteiger partial charge in [0.05, 0.1) is 29.3 Å². The van der Waals surface area contributed by atoms with Gasteiger partial charge in [0.25, 0.3) is 11.8 Å². The third-order valence-corrected chi connectivity index (χ3v) is 4.75. The molecule has 27 heavy (non-hydrogen) atoms. The number of rotatable bonds is 4. The summed E-state index contributed by atoms with van der Waals surface area (Å²) < 4.78 is 0. The molecule has 4 heteroatoms. The van der Waals surface area contributed by atoms with Crippen LogP contribution in [0.25, 0.3) is 0 Å². The van der Waals surface area contributed by atoms with Crippen molar-refractivity contribution in [3.8, 4) is 6.07 Å². The van der Waals surface area contributed by atoms with E-state index in [1.54, 1.807) is 18.2 Å². The van der Waals surface area contributed by atoms with Gasteiger partial charge in [-0.05, 0) is 41.3 Å². The summed E-state index contributed by atoms with van der Waals surface area (Å²) in [6.45, 7) is 0.264. The number of hydrogen-bond acceptors (Lipinski definition) is 3. The molecule has 0 atom stereocenters. The summed E-state index contributed by atoms with van der Waals surface area (Å²) in [4.78, 5) is 26.7. The van der Waals surface area contributed by atoms with Gasteiger partial charge in [-0.25, -0.2) is 0 Å². The van der Waals surface area contributed by atoms with E-state index in [4.69, 9.17) is 0 Å². The van der Waals surface area contributed by atoms with E-state index < -0.39 is 0 Å². The second-order valence-corrected chi connectivity index (χ2v) is 6.51. The molecular formula is C23H16N2O2. The normalized spacial score (nSPS) is 12.8. The summed E-state index contributed by atoms with van der Waals surface area (Å²) >= 11 is 0. The molecule has 0 N–H and O–H groups in total. The molecule has 0 spiro atoms. The number of hydrogen-bond donors (Lipinski definition) is 0. The van der Waals surface area contributed by atoms with Crippen molar-refractivity contribution in [2.24, 2.45) is 0 Å². The Kier molecular flexibility index (Phi) is 4.27. The lowest BCUT2D eigenvalue weighted by atomic mass is 9.97. The van der Waals surface area contributed by atoms with Crippen molar-refractivity contribution < 1.29 is 9.59 Å². The van der Waals surface area contributed by atoms with Crippen molar-refractivity contribution in [2.45, 2.75) is 13.0 Å². The maximum Gasteiger partial charge on any atom is 0.261 e. The summed E-state index contributed by atoms with van der Waals surface area (Å²) in [7, 11) is 0. The van der Waals surface area contributed by atoms with E-state index >= 15 is 0 Å². The van der Waals surface area contributed by atoms with Gasteiger partial charge in [0.1, 0.15) is 0 Å². The predicted octanol–water partition coefficient (Wildman–Crippen LogP) is 3.95. The first-order valence-electron chi connectivity index (χ1n) is 8.68. The van der Waals surface area contributed by atoms with E-state index in [0.717, 1.165) is 16.7 Å². The molecule has 0 saturated heterocycles. The lowest BCUT2D eigenvalue weighted by molar-refractivity contribution is 0.0642. The van der Waals surface area contributed by atoms with Gasteiger partial charge in [-0.2, -0.15) is 5.26 Å². The van der Waals surface area contributed by atoms with E-state index in [0.29, 0.717) is 23.1 Å². The van der Waals surface area contributed by atoms with Gasteiger partial charge in [-0.15, -0.1) is 0 Å². The summed E-state index contributed by atoms with van der Waals surface area (Å²) in [5.41, 5.74) is 4.20. The van der Waals surface area contributed by atoms with Gasteiger partial charge in [-0.1, -0.05) is 54.6 Å². The van der Waals surface area contributed by atoms with Crippen molar-refractivity contribution >= 4 is 11.8 Å². The fraction of sp³-hybridized carbons (Fsp3) is 0.0870. The highest BCUT2D eigenvalue weighted by Gasteiger charge is 2.35. The average molecular weight is 352 g/mol. The van der Waals surface area contributed by atoms with E-state index in [1.165, 1.54) is 4.90 Å². The van der Waals surface area contributed by atoms with Gasteiger partial charge < -0.3 is 0 Å². The zero-order valence-electron chi connectivity index (χ0n) is 14.6. The lowest BCUT2D eigenvalue weighted by Gasteiger charge is -2.13. The summed E-state index contributed by atoms with van der Waals surface area (Å²) in [5, 5.41) is 9.25. The third kappa shape index (κ3) is 3.11. The molecule has 0 unspecified atom stereocenters. The molecule has 0 aromatic heterocycles. The first-order valence-corrected chi connectivity index (χ1v) is 8.68. The minimum Gasteiger partial charge on any atom is -0.270 e. The molecular weight excluding hydrogens is 336 g/mol. The molecule has 3 aromatic carbocycles. The molecule has 3 aromatic rings. The second kappa shape index (κ2) is 6.89. The van der Waals surface area contributed by atoms with Crippen LogP contribution in [-0.2, 0) is 13.0 Å². The van der Waals surface area contributed by atoms with Gasteiger partial charge >= 0.3 is 0 Å². The van der Waals surface area contributed by atoms with Crippen LogP contribution >= 0.6 is 0 Å². The van der Waals surface area contributed by atoms with Crippen LogP contribution in [0.15, 0.2) is 72.8 Å². The molecule has 1 aliphatic rings. The van der Waals surface area contributed by atoms with Crippen LogP contribution in [0.4, 0.5) is 0 Å². The first-order chi connectivity index (χ1) is 13.2. The Balaban J connectivity index is 1.62. The van der Waals surface area contributed by atoms with Crippen LogP contribution in [0.2, 0.25) is 0 Å². The molecule has 0 bridgehead atoms. The highest BCUT2D eigenvalue weighted by Crippen LogP contribution is 2.26. The van der Waals surface area contributed by atoms with Gasteiger partial charge in [0.2, 0.25) is 0 Å². The SMILES string of the molecule is N#Cc1ccccc1Cc1ccc2c(c1)C(=O)N(Cc1ccccc1)C2=O. The van der Waals surface area contributed by atoms with Crippen LogP contribution < -0.4 is 0 Å².